The highest BCUT2D eigenvalue weighted by molar-refractivity contribution is 7.86. The third-order valence-electron chi connectivity index (χ3n) is 5.71. The summed E-state index contributed by atoms with van der Waals surface area (Å²) in [5.74, 6) is -0.0934. The van der Waals surface area contributed by atoms with E-state index in [2.05, 4.69) is 6.92 Å². The molecule has 2 N–H and O–H groups in total. The van der Waals surface area contributed by atoms with Gasteiger partial charge in [0.2, 0.25) is 0 Å². The number of aromatic hydroxyl groups is 1. The maximum atomic E-state index is 11.9. The number of hydrogen-bond donors (Lipinski definition) is 2. The Kier molecular flexibility index (Phi) is 11.6. The van der Waals surface area contributed by atoms with E-state index in [0.29, 0.717) is 17.7 Å². The van der Waals surface area contributed by atoms with Gasteiger partial charge < -0.3 is 9.84 Å². The second kappa shape index (κ2) is 14.2. The third kappa shape index (κ3) is 9.21. The Bertz CT molecular complexity index is 894. The summed E-state index contributed by atoms with van der Waals surface area (Å²) in [5.41, 5.74) is 0.505. The normalized spacial score (nSPS) is 11.6. The number of phenolic OH excluding ortho intramolecular Hbond substituents is 1. The van der Waals surface area contributed by atoms with Gasteiger partial charge in [-0.3, -0.25) is 4.55 Å². The first kappa shape index (κ1) is 26.2. The number of para-hydroxylation sites is 1. The highest BCUT2D eigenvalue weighted by atomic mass is 32.2. The Morgan fingerprint density at radius 3 is 1.81 bits per heavy atom. The largest absolute Gasteiger partial charge is 0.506 e. The molecule has 0 saturated carbocycles. The maximum Gasteiger partial charge on any atom is 0.301 e. The van der Waals surface area contributed by atoms with Gasteiger partial charge in [-0.2, -0.15) is 8.42 Å². The van der Waals surface area contributed by atoms with Crippen LogP contribution in [0.1, 0.15) is 89.5 Å². The van der Waals surface area contributed by atoms with Crippen LogP contribution in [-0.2, 0) is 16.5 Å². The summed E-state index contributed by atoms with van der Waals surface area (Å²) in [6.45, 7) is 2.24. The molecule has 0 amide bonds. The summed E-state index contributed by atoms with van der Waals surface area (Å²) >= 11 is 0. The summed E-state index contributed by atoms with van der Waals surface area (Å²) in [6.07, 6.45) is 15.4. The summed E-state index contributed by atoms with van der Waals surface area (Å²) in [5, 5.41) is 10.5. The lowest BCUT2D eigenvalue weighted by Gasteiger charge is -2.14. The number of aryl methyl sites for hydroxylation is 1. The molecule has 0 unspecified atom stereocenters. The van der Waals surface area contributed by atoms with Crippen molar-refractivity contribution in [3.05, 3.63) is 48.0 Å². The van der Waals surface area contributed by atoms with E-state index >= 15 is 0 Å². The molecule has 0 radical (unpaired) electrons. The highest BCUT2D eigenvalue weighted by Crippen LogP contribution is 2.38. The second-order valence-corrected chi connectivity index (χ2v) is 9.79. The molecule has 32 heavy (non-hydrogen) atoms. The number of benzene rings is 2. The van der Waals surface area contributed by atoms with E-state index in [9.17, 15) is 18.1 Å². The topological polar surface area (TPSA) is 83.8 Å². The van der Waals surface area contributed by atoms with Crippen molar-refractivity contribution < 1.29 is 22.8 Å². The van der Waals surface area contributed by atoms with E-state index in [-0.39, 0.29) is 5.75 Å². The predicted molar refractivity (Wildman–Crippen MR) is 129 cm³/mol. The molecule has 5 nitrogen and oxygen atoms in total. The number of unbranched alkanes of at least 4 members (excludes halogenated alkanes) is 11. The van der Waals surface area contributed by atoms with Crippen molar-refractivity contribution in [2.24, 2.45) is 0 Å². The van der Waals surface area contributed by atoms with E-state index in [0.717, 1.165) is 19.3 Å². The van der Waals surface area contributed by atoms with Gasteiger partial charge >= 0.3 is 10.1 Å². The fourth-order valence-electron chi connectivity index (χ4n) is 3.90. The van der Waals surface area contributed by atoms with Crippen LogP contribution in [0.15, 0.2) is 47.4 Å². The van der Waals surface area contributed by atoms with Crippen LogP contribution in [0, 0.1) is 0 Å². The van der Waals surface area contributed by atoms with E-state index < -0.39 is 20.8 Å². The van der Waals surface area contributed by atoms with Gasteiger partial charge in [0.15, 0.2) is 10.6 Å². The van der Waals surface area contributed by atoms with Crippen LogP contribution in [0.3, 0.4) is 0 Å². The fourth-order valence-corrected chi connectivity index (χ4v) is 4.64. The molecular formula is C26H38O5S. The minimum Gasteiger partial charge on any atom is -0.506 e. The van der Waals surface area contributed by atoms with Crippen molar-refractivity contribution in [1.82, 2.24) is 0 Å². The van der Waals surface area contributed by atoms with Crippen LogP contribution in [0.4, 0.5) is 0 Å². The van der Waals surface area contributed by atoms with Crippen LogP contribution in [0.5, 0.6) is 17.2 Å². The number of rotatable bonds is 16. The molecule has 0 aliphatic carbocycles. The molecule has 0 heterocycles. The van der Waals surface area contributed by atoms with E-state index in [1.807, 2.05) is 6.07 Å². The summed E-state index contributed by atoms with van der Waals surface area (Å²) in [4.78, 5) is -0.571. The van der Waals surface area contributed by atoms with Gasteiger partial charge in [0.25, 0.3) is 0 Å². The Labute approximate surface area is 193 Å². The van der Waals surface area contributed by atoms with Gasteiger partial charge in [0.05, 0.1) is 0 Å². The van der Waals surface area contributed by atoms with Crippen LogP contribution in [0.25, 0.3) is 0 Å². The van der Waals surface area contributed by atoms with Gasteiger partial charge in [-0.1, -0.05) is 102 Å². The average Bonchev–Trinajstić information content (AvgIpc) is 2.75. The van der Waals surface area contributed by atoms with Gasteiger partial charge in [0, 0.05) is 0 Å². The monoisotopic (exact) mass is 462 g/mol. The number of ether oxygens (including phenoxy) is 1. The second-order valence-electron chi connectivity index (χ2n) is 8.43. The first-order valence-corrected chi connectivity index (χ1v) is 13.4. The Hall–Kier alpha value is -2.05. The molecule has 2 rings (SSSR count). The van der Waals surface area contributed by atoms with Crippen molar-refractivity contribution in [3.8, 4) is 17.2 Å². The zero-order chi connectivity index (χ0) is 23.2. The lowest BCUT2D eigenvalue weighted by atomic mass is 10.0. The van der Waals surface area contributed by atoms with Crippen LogP contribution in [0.2, 0.25) is 0 Å². The first-order valence-electron chi connectivity index (χ1n) is 12.0. The standard InChI is InChI=1S/C26H38O5S/c1-2-3-4-5-6-7-8-9-10-11-12-14-17-22-20-21-24(26(25(22)27)32(28,29)30)31-23-18-15-13-16-19-23/h13,15-16,18-21,27H,2-12,14,17H2,1H3,(H,28,29,30). The molecule has 2 aromatic carbocycles. The van der Waals surface area contributed by atoms with Crippen molar-refractivity contribution in [2.75, 3.05) is 0 Å². The van der Waals surface area contributed by atoms with Crippen molar-refractivity contribution in [2.45, 2.75) is 95.3 Å². The molecule has 0 fully saturated rings. The molecule has 0 bridgehead atoms. The van der Waals surface area contributed by atoms with Crippen molar-refractivity contribution in [3.63, 3.8) is 0 Å². The Morgan fingerprint density at radius 2 is 1.28 bits per heavy atom. The van der Waals surface area contributed by atoms with Gasteiger partial charge in [0.1, 0.15) is 11.5 Å². The summed E-state index contributed by atoms with van der Waals surface area (Å²) in [7, 11) is -4.64. The lowest BCUT2D eigenvalue weighted by molar-refractivity contribution is 0.410. The molecule has 0 saturated heterocycles. The number of hydrogen-bond acceptors (Lipinski definition) is 4. The van der Waals surface area contributed by atoms with Gasteiger partial charge in [-0.05, 0) is 36.6 Å². The van der Waals surface area contributed by atoms with Crippen molar-refractivity contribution >= 4 is 10.1 Å². The van der Waals surface area contributed by atoms with Crippen LogP contribution < -0.4 is 4.74 Å². The quantitative estimate of drug-likeness (QED) is 0.197. The predicted octanol–water partition coefficient (Wildman–Crippen LogP) is 7.67. The molecule has 2 aromatic rings. The number of phenols is 1. The highest BCUT2D eigenvalue weighted by Gasteiger charge is 2.25. The average molecular weight is 463 g/mol. The Balaban J connectivity index is 1.79. The van der Waals surface area contributed by atoms with Crippen molar-refractivity contribution in [1.29, 1.82) is 0 Å². The van der Waals surface area contributed by atoms with Crippen LogP contribution >= 0.6 is 0 Å². The van der Waals surface area contributed by atoms with E-state index in [1.165, 1.54) is 63.9 Å². The maximum absolute atomic E-state index is 11.9. The molecule has 0 aliphatic rings. The zero-order valence-corrected chi connectivity index (χ0v) is 20.1. The SMILES string of the molecule is CCCCCCCCCCCCCCc1ccc(Oc2ccccc2)c(S(=O)(=O)O)c1O. The van der Waals surface area contributed by atoms with E-state index in [4.69, 9.17) is 4.74 Å². The Morgan fingerprint density at radius 1 is 0.750 bits per heavy atom. The van der Waals surface area contributed by atoms with Crippen LogP contribution in [-0.4, -0.2) is 18.1 Å². The zero-order valence-electron chi connectivity index (χ0n) is 19.3. The minimum atomic E-state index is -4.64. The molecule has 6 heteroatoms. The molecule has 0 aliphatic heterocycles. The molecule has 0 aromatic heterocycles. The minimum absolute atomic E-state index is 0.0883. The van der Waals surface area contributed by atoms with E-state index in [1.54, 1.807) is 30.3 Å². The fraction of sp³-hybridized carbons (Fsp3) is 0.538. The smallest absolute Gasteiger partial charge is 0.301 e. The molecule has 0 atom stereocenters. The lowest BCUT2D eigenvalue weighted by Crippen LogP contribution is -2.04. The van der Waals surface area contributed by atoms with Gasteiger partial charge in [-0.15, -0.1) is 0 Å². The van der Waals surface area contributed by atoms with Gasteiger partial charge in [-0.25, -0.2) is 0 Å². The molecule has 0 spiro atoms. The third-order valence-corrected chi connectivity index (χ3v) is 6.62. The summed E-state index contributed by atoms with van der Waals surface area (Å²) < 4.78 is 39.1. The molecular weight excluding hydrogens is 424 g/mol. The summed E-state index contributed by atoms with van der Waals surface area (Å²) in [6, 6.07) is 11.8. The molecule has 178 valence electrons. The first-order chi connectivity index (χ1) is 15.4.